The summed E-state index contributed by atoms with van der Waals surface area (Å²) < 4.78 is 35.8. The maximum Gasteiger partial charge on any atom is 0.405 e. The molecule has 0 bridgehead atoms. The highest BCUT2D eigenvalue weighted by Crippen LogP contribution is 2.22. The molecule has 5 heteroatoms. The molecule has 1 aromatic carbocycles. The van der Waals surface area contributed by atoms with Crippen molar-refractivity contribution in [1.29, 1.82) is 0 Å². The Kier molecular flexibility index (Phi) is 3.09. The van der Waals surface area contributed by atoms with Crippen LogP contribution in [-0.2, 0) is 12.8 Å². The van der Waals surface area contributed by atoms with Crippen molar-refractivity contribution >= 4 is 5.91 Å². The topological polar surface area (TPSA) is 29.1 Å². The summed E-state index contributed by atoms with van der Waals surface area (Å²) in [5.41, 5.74) is 2.57. The summed E-state index contributed by atoms with van der Waals surface area (Å²) in [5, 5.41) is 1.87. The third-order valence-electron chi connectivity index (χ3n) is 2.81. The van der Waals surface area contributed by atoms with Crippen LogP contribution >= 0.6 is 0 Å². The third kappa shape index (κ3) is 2.99. The average molecular weight is 243 g/mol. The van der Waals surface area contributed by atoms with Gasteiger partial charge in [0.15, 0.2) is 0 Å². The number of hydrogen-bond donors (Lipinski definition) is 1. The van der Waals surface area contributed by atoms with Gasteiger partial charge in [-0.25, -0.2) is 0 Å². The minimum absolute atomic E-state index is 0.301. The number of alkyl halides is 3. The number of benzene rings is 1. The first-order valence-electron chi connectivity index (χ1n) is 5.42. The van der Waals surface area contributed by atoms with Gasteiger partial charge in [0.05, 0.1) is 0 Å². The first kappa shape index (κ1) is 12.0. The van der Waals surface area contributed by atoms with E-state index in [1.165, 1.54) is 5.56 Å². The van der Waals surface area contributed by atoms with Crippen molar-refractivity contribution in [1.82, 2.24) is 5.32 Å². The van der Waals surface area contributed by atoms with Gasteiger partial charge in [-0.15, -0.1) is 0 Å². The molecule has 0 aliphatic heterocycles. The fourth-order valence-corrected chi connectivity index (χ4v) is 2.00. The van der Waals surface area contributed by atoms with Crippen molar-refractivity contribution in [3.05, 3.63) is 34.9 Å². The molecule has 1 amide bonds. The summed E-state index contributed by atoms with van der Waals surface area (Å²) in [5.74, 6) is -0.669. The summed E-state index contributed by atoms with van der Waals surface area (Å²) in [6, 6.07) is 5.09. The van der Waals surface area contributed by atoms with Gasteiger partial charge in [-0.3, -0.25) is 4.79 Å². The number of aryl methyl sites for hydroxylation is 2. The van der Waals surface area contributed by atoms with Crippen LogP contribution in [0.1, 0.15) is 27.9 Å². The molecule has 0 spiro atoms. The molecule has 2 nitrogen and oxygen atoms in total. The third-order valence-corrected chi connectivity index (χ3v) is 2.81. The van der Waals surface area contributed by atoms with Crippen LogP contribution in [0.5, 0.6) is 0 Å². The lowest BCUT2D eigenvalue weighted by molar-refractivity contribution is -0.123. The zero-order valence-electron chi connectivity index (χ0n) is 9.10. The molecular weight excluding hydrogens is 231 g/mol. The number of carbonyl (C=O) groups is 1. The highest BCUT2D eigenvalue weighted by atomic mass is 19.4. The Hall–Kier alpha value is -1.52. The lowest BCUT2D eigenvalue weighted by Crippen LogP contribution is -2.33. The van der Waals surface area contributed by atoms with E-state index in [-0.39, 0.29) is 0 Å². The summed E-state index contributed by atoms with van der Waals surface area (Å²) >= 11 is 0. The average Bonchev–Trinajstić information content (AvgIpc) is 2.71. The number of carbonyl (C=O) groups excluding carboxylic acids is 1. The van der Waals surface area contributed by atoms with Gasteiger partial charge in [-0.2, -0.15) is 13.2 Å². The van der Waals surface area contributed by atoms with E-state index in [1.807, 2.05) is 11.4 Å². The summed E-state index contributed by atoms with van der Waals surface area (Å²) in [7, 11) is 0. The van der Waals surface area contributed by atoms with E-state index in [0.717, 1.165) is 24.8 Å². The maximum absolute atomic E-state index is 11.9. The molecule has 2 rings (SSSR count). The van der Waals surface area contributed by atoms with Gasteiger partial charge in [-0.05, 0) is 42.5 Å². The molecular formula is C12H12F3NO. The van der Waals surface area contributed by atoms with E-state index < -0.39 is 18.6 Å². The van der Waals surface area contributed by atoms with Crippen LogP contribution in [0.4, 0.5) is 13.2 Å². The largest absolute Gasteiger partial charge is 0.405 e. The molecule has 0 aromatic heterocycles. The number of nitrogens with one attached hydrogen (secondary N) is 1. The number of amides is 1. The van der Waals surface area contributed by atoms with Crippen LogP contribution in [-0.4, -0.2) is 18.6 Å². The second-order valence-corrected chi connectivity index (χ2v) is 4.13. The minimum Gasteiger partial charge on any atom is -0.343 e. The van der Waals surface area contributed by atoms with Gasteiger partial charge in [-0.1, -0.05) is 6.07 Å². The standard InChI is InChI=1S/C12H12F3NO/c13-12(14,15)7-16-11(17)10-5-4-8-2-1-3-9(8)6-10/h4-6H,1-3,7H2,(H,16,17). The maximum atomic E-state index is 11.9. The first-order chi connectivity index (χ1) is 7.96. The summed E-state index contributed by atoms with van der Waals surface area (Å²) in [6.45, 7) is -1.29. The Labute approximate surface area is 96.8 Å². The predicted molar refractivity (Wildman–Crippen MR) is 56.9 cm³/mol. The molecule has 0 fully saturated rings. The van der Waals surface area contributed by atoms with E-state index in [9.17, 15) is 18.0 Å². The van der Waals surface area contributed by atoms with Crippen molar-refractivity contribution in [2.24, 2.45) is 0 Å². The van der Waals surface area contributed by atoms with E-state index >= 15 is 0 Å². The highest BCUT2D eigenvalue weighted by molar-refractivity contribution is 5.94. The van der Waals surface area contributed by atoms with Crippen LogP contribution in [0.15, 0.2) is 18.2 Å². The van der Waals surface area contributed by atoms with Crippen LogP contribution < -0.4 is 5.32 Å². The van der Waals surface area contributed by atoms with E-state index in [2.05, 4.69) is 0 Å². The fraction of sp³-hybridized carbons (Fsp3) is 0.417. The van der Waals surface area contributed by atoms with Crippen LogP contribution in [0.3, 0.4) is 0 Å². The molecule has 1 aromatic rings. The molecule has 1 aliphatic carbocycles. The van der Waals surface area contributed by atoms with Gasteiger partial charge in [0.2, 0.25) is 0 Å². The van der Waals surface area contributed by atoms with Crippen molar-refractivity contribution in [3.8, 4) is 0 Å². The monoisotopic (exact) mass is 243 g/mol. The quantitative estimate of drug-likeness (QED) is 0.849. The Balaban J connectivity index is 2.05. The molecule has 0 saturated carbocycles. The molecule has 1 N–H and O–H groups in total. The molecule has 0 heterocycles. The lowest BCUT2D eigenvalue weighted by Gasteiger charge is -2.09. The fourth-order valence-electron chi connectivity index (χ4n) is 2.00. The number of fused-ring (bicyclic) bond motifs is 1. The van der Waals surface area contributed by atoms with Crippen LogP contribution in [0.2, 0.25) is 0 Å². The van der Waals surface area contributed by atoms with Crippen LogP contribution in [0.25, 0.3) is 0 Å². The molecule has 1 aliphatic rings. The normalized spacial score (nSPS) is 14.5. The van der Waals surface area contributed by atoms with Crippen molar-refractivity contribution in [2.45, 2.75) is 25.4 Å². The van der Waals surface area contributed by atoms with Crippen molar-refractivity contribution < 1.29 is 18.0 Å². The predicted octanol–water partition coefficient (Wildman–Crippen LogP) is 2.47. The zero-order valence-corrected chi connectivity index (χ0v) is 9.10. The van der Waals surface area contributed by atoms with Gasteiger partial charge in [0.25, 0.3) is 5.91 Å². The molecule has 0 saturated heterocycles. The molecule has 0 radical (unpaired) electrons. The zero-order chi connectivity index (χ0) is 12.5. The van der Waals surface area contributed by atoms with E-state index in [0.29, 0.717) is 5.56 Å². The Bertz CT molecular complexity index is 440. The SMILES string of the molecule is O=C(NCC(F)(F)F)c1ccc2c(c1)CCC2. The second kappa shape index (κ2) is 4.39. The summed E-state index contributed by atoms with van der Waals surface area (Å²) in [4.78, 5) is 11.5. The van der Waals surface area contributed by atoms with Crippen molar-refractivity contribution in [2.75, 3.05) is 6.54 Å². The Morgan fingerprint density at radius 1 is 1.24 bits per heavy atom. The number of hydrogen-bond acceptors (Lipinski definition) is 1. The number of rotatable bonds is 2. The molecule has 17 heavy (non-hydrogen) atoms. The van der Waals surface area contributed by atoms with E-state index in [4.69, 9.17) is 0 Å². The van der Waals surface area contributed by atoms with Gasteiger partial charge in [0, 0.05) is 5.56 Å². The Morgan fingerprint density at radius 3 is 2.65 bits per heavy atom. The second-order valence-electron chi connectivity index (χ2n) is 4.13. The molecule has 0 unspecified atom stereocenters. The van der Waals surface area contributed by atoms with E-state index in [1.54, 1.807) is 12.1 Å². The smallest absolute Gasteiger partial charge is 0.343 e. The lowest BCUT2D eigenvalue weighted by atomic mass is 10.1. The van der Waals surface area contributed by atoms with Gasteiger partial charge in [0.1, 0.15) is 6.54 Å². The van der Waals surface area contributed by atoms with Crippen molar-refractivity contribution in [3.63, 3.8) is 0 Å². The van der Waals surface area contributed by atoms with Crippen LogP contribution in [0, 0.1) is 0 Å². The molecule has 92 valence electrons. The summed E-state index contributed by atoms with van der Waals surface area (Å²) in [6.07, 6.45) is -1.44. The van der Waals surface area contributed by atoms with Gasteiger partial charge < -0.3 is 5.32 Å². The Morgan fingerprint density at radius 2 is 1.94 bits per heavy atom. The highest BCUT2D eigenvalue weighted by Gasteiger charge is 2.28. The first-order valence-corrected chi connectivity index (χ1v) is 5.42. The molecule has 0 atom stereocenters. The minimum atomic E-state index is -4.37. The van der Waals surface area contributed by atoms with Gasteiger partial charge >= 0.3 is 6.18 Å². The number of halogens is 3.